The van der Waals surface area contributed by atoms with Crippen LogP contribution in [-0.2, 0) is 9.53 Å². The van der Waals surface area contributed by atoms with Crippen LogP contribution in [0.3, 0.4) is 0 Å². The predicted molar refractivity (Wildman–Crippen MR) is 96.3 cm³/mol. The summed E-state index contributed by atoms with van der Waals surface area (Å²) in [5.74, 6) is 0.425. The van der Waals surface area contributed by atoms with Gasteiger partial charge in [-0.05, 0) is 68.6 Å². The molecular weight excluding hydrogens is 407 g/mol. The fourth-order valence-electron chi connectivity index (χ4n) is 6.09. The van der Waals surface area contributed by atoms with Gasteiger partial charge in [-0.1, -0.05) is 29.5 Å². The van der Waals surface area contributed by atoms with E-state index in [4.69, 9.17) is 4.74 Å². The molecule has 23 heavy (non-hydrogen) atoms. The quantitative estimate of drug-likeness (QED) is 0.382. The van der Waals surface area contributed by atoms with Gasteiger partial charge in [0.2, 0.25) is 0 Å². The summed E-state index contributed by atoms with van der Waals surface area (Å²) in [6.07, 6.45) is 6.77. The Morgan fingerprint density at radius 1 is 1.13 bits per heavy atom. The van der Waals surface area contributed by atoms with E-state index in [0.717, 1.165) is 44.9 Å². The Balaban J connectivity index is 1.78. The van der Waals surface area contributed by atoms with Crippen LogP contribution in [0.2, 0.25) is 0 Å². The molecule has 4 aliphatic carbocycles. The second-order valence-electron chi connectivity index (χ2n) is 8.95. The van der Waals surface area contributed by atoms with Crippen LogP contribution in [0.15, 0.2) is 0 Å². The van der Waals surface area contributed by atoms with Crippen molar-refractivity contribution in [2.45, 2.75) is 62.2 Å². The smallest absolute Gasteiger partial charge is 0.321 e. The number of ether oxygens (including phenoxy) is 1. The fraction of sp³-hybridized carbons (Fsp3) is 0.944. The van der Waals surface area contributed by atoms with E-state index in [0.29, 0.717) is 12.5 Å². The summed E-state index contributed by atoms with van der Waals surface area (Å²) < 4.78 is 5.28. The highest BCUT2D eigenvalue weighted by Gasteiger charge is 2.63. The third-order valence-corrected chi connectivity index (χ3v) is 7.89. The van der Waals surface area contributed by atoms with Gasteiger partial charge >= 0.3 is 5.97 Å². The number of rotatable bonds is 6. The molecule has 0 aliphatic heterocycles. The first kappa shape index (κ1) is 17.9. The molecule has 4 aliphatic rings. The zero-order valence-corrected chi connectivity index (χ0v) is 16.4. The standard InChI is InChI=1S/C18H29IO4/c1-3-15(2,19)14(22)23-12-18-6-13-4-16(8-18,10-20)7-17(5-13,9-18)11-21/h13,20-21H,3-12H2,1-2H3. The van der Waals surface area contributed by atoms with Crippen molar-refractivity contribution in [3.63, 3.8) is 0 Å². The normalized spacial score (nSPS) is 44.1. The topological polar surface area (TPSA) is 66.8 Å². The third kappa shape index (κ3) is 3.06. The van der Waals surface area contributed by atoms with Crippen LogP contribution in [0.1, 0.15) is 58.8 Å². The largest absolute Gasteiger partial charge is 0.464 e. The SMILES string of the molecule is CCC(C)(I)C(=O)OCC12CC3CC(CO)(CC(CO)(C3)C1)C2. The van der Waals surface area contributed by atoms with Gasteiger partial charge < -0.3 is 14.9 Å². The Morgan fingerprint density at radius 3 is 2.09 bits per heavy atom. The van der Waals surface area contributed by atoms with Crippen molar-refractivity contribution >= 4 is 28.6 Å². The predicted octanol–water partition coefficient (Wildman–Crippen LogP) is 3.07. The number of aliphatic hydroxyl groups excluding tert-OH is 2. The number of aliphatic hydroxyl groups is 2. The first-order valence-corrected chi connectivity index (χ1v) is 9.88. The van der Waals surface area contributed by atoms with Gasteiger partial charge in [0.15, 0.2) is 0 Å². The minimum absolute atomic E-state index is 0.0407. The molecule has 0 heterocycles. The van der Waals surface area contributed by atoms with Crippen LogP contribution in [0.4, 0.5) is 0 Å². The second-order valence-corrected chi connectivity index (χ2v) is 11.3. The van der Waals surface area contributed by atoms with E-state index in [2.05, 4.69) is 22.6 Å². The molecule has 4 bridgehead atoms. The van der Waals surface area contributed by atoms with Crippen LogP contribution >= 0.6 is 22.6 Å². The summed E-state index contributed by atoms with van der Waals surface area (Å²) in [7, 11) is 0. The summed E-state index contributed by atoms with van der Waals surface area (Å²) in [5.41, 5.74) is -0.166. The molecule has 4 saturated carbocycles. The zero-order chi connectivity index (χ0) is 16.9. The van der Waals surface area contributed by atoms with Crippen LogP contribution < -0.4 is 0 Å². The van der Waals surface area contributed by atoms with Crippen molar-refractivity contribution in [3.8, 4) is 0 Å². The molecule has 0 aromatic carbocycles. The number of carbonyl (C=O) groups is 1. The molecule has 4 nitrogen and oxygen atoms in total. The monoisotopic (exact) mass is 436 g/mol. The molecule has 0 saturated heterocycles. The van der Waals surface area contributed by atoms with Gasteiger partial charge in [0.05, 0.1) is 6.61 Å². The van der Waals surface area contributed by atoms with Gasteiger partial charge in [-0.15, -0.1) is 0 Å². The van der Waals surface area contributed by atoms with Gasteiger partial charge in [0.25, 0.3) is 0 Å². The number of hydrogen-bond donors (Lipinski definition) is 2. The molecule has 4 rings (SSSR count). The molecular formula is C18H29IO4. The number of hydrogen-bond acceptors (Lipinski definition) is 4. The second kappa shape index (κ2) is 5.84. The highest BCUT2D eigenvalue weighted by molar-refractivity contribution is 14.1. The Morgan fingerprint density at radius 2 is 1.61 bits per heavy atom. The van der Waals surface area contributed by atoms with Crippen molar-refractivity contribution in [1.29, 1.82) is 0 Å². The Bertz CT molecular complexity index is 469. The van der Waals surface area contributed by atoms with Crippen molar-refractivity contribution in [3.05, 3.63) is 0 Å². The number of halogens is 1. The Labute approximate surface area is 152 Å². The van der Waals surface area contributed by atoms with E-state index in [1.807, 2.05) is 13.8 Å². The molecule has 0 aromatic rings. The summed E-state index contributed by atoms with van der Waals surface area (Å²) in [5, 5.41) is 20.0. The van der Waals surface area contributed by atoms with Crippen LogP contribution in [0.25, 0.3) is 0 Å². The van der Waals surface area contributed by atoms with Gasteiger partial charge in [0, 0.05) is 18.6 Å². The maximum absolute atomic E-state index is 12.4. The summed E-state index contributed by atoms with van der Waals surface area (Å²) in [6, 6.07) is 0. The van der Waals surface area contributed by atoms with Crippen LogP contribution in [0.5, 0.6) is 0 Å². The molecule has 2 N–H and O–H groups in total. The zero-order valence-electron chi connectivity index (χ0n) is 14.2. The highest BCUT2D eigenvalue weighted by atomic mass is 127. The van der Waals surface area contributed by atoms with Gasteiger partial charge in [-0.2, -0.15) is 0 Å². The molecule has 0 radical (unpaired) electrons. The van der Waals surface area contributed by atoms with Gasteiger partial charge in [-0.25, -0.2) is 0 Å². The molecule has 0 spiro atoms. The average molecular weight is 436 g/mol. The number of esters is 1. The molecule has 5 heteroatoms. The van der Waals surface area contributed by atoms with E-state index >= 15 is 0 Å². The lowest BCUT2D eigenvalue weighted by Gasteiger charge is -2.65. The maximum Gasteiger partial charge on any atom is 0.321 e. The average Bonchev–Trinajstić information content (AvgIpc) is 2.51. The summed E-state index contributed by atoms with van der Waals surface area (Å²) in [6.45, 7) is 4.75. The summed E-state index contributed by atoms with van der Waals surface area (Å²) in [4.78, 5) is 12.4. The molecule has 0 amide bonds. The van der Waals surface area contributed by atoms with Crippen LogP contribution in [-0.4, -0.2) is 39.4 Å². The van der Waals surface area contributed by atoms with E-state index in [9.17, 15) is 15.0 Å². The maximum atomic E-state index is 12.4. The Kier molecular flexibility index (Phi) is 4.55. The summed E-state index contributed by atoms with van der Waals surface area (Å²) >= 11 is 2.17. The first-order chi connectivity index (χ1) is 10.7. The highest BCUT2D eigenvalue weighted by Crippen LogP contribution is 2.69. The minimum Gasteiger partial charge on any atom is -0.464 e. The first-order valence-electron chi connectivity index (χ1n) is 8.80. The van der Waals surface area contributed by atoms with E-state index < -0.39 is 3.42 Å². The number of carbonyl (C=O) groups excluding carboxylic acids is 1. The lowest BCUT2D eigenvalue weighted by molar-refractivity contribution is -0.203. The van der Waals surface area contributed by atoms with E-state index in [-0.39, 0.29) is 35.4 Å². The molecule has 3 unspecified atom stereocenters. The van der Waals surface area contributed by atoms with E-state index in [1.54, 1.807) is 0 Å². The van der Waals surface area contributed by atoms with Crippen molar-refractivity contribution in [2.24, 2.45) is 22.2 Å². The lowest BCUT2D eigenvalue weighted by atomic mass is 9.40. The Hall–Kier alpha value is 0.120. The van der Waals surface area contributed by atoms with Crippen molar-refractivity contribution < 1.29 is 19.7 Å². The van der Waals surface area contributed by atoms with Gasteiger partial charge in [-0.3, -0.25) is 4.79 Å². The van der Waals surface area contributed by atoms with E-state index in [1.165, 1.54) is 0 Å². The minimum atomic E-state index is -0.469. The van der Waals surface area contributed by atoms with Crippen LogP contribution in [0, 0.1) is 22.2 Å². The molecule has 3 atom stereocenters. The van der Waals surface area contributed by atoms with Crippen molar-refractivity contribution in [2.75, 3.05) is 19.8 Å². The molecule has 4 fully saturated rings. The lowest BCUT2D eigenvalue weighted by Crippen LogP contribution is -2.60. The third-order valence-electron chi connectivity index (χ3n) is 6.68. The van der Waals surface area contributed by atoms with Gasteiger partial charge in [0.1, 0.15) is 3.42 Å². The fourth-order valence-corrected chi connectivity index (χ4v) is 6.24. The number of alkyl halides is 1. The molecule has 132 valence electrons. The van der Waals surface area contributed by atoms with Crippen molar-refractivity contribution in [1.82, 2.24) is 0 Å². The molecule has 0 aromatic heterocycles.